The number of ether oxygens (including phenoxy) is 2. The van der Waals surface area contributed by atoms with Gasteiger partial charge in [-0.1, -0.05) is 109 Å². The van der Waals surface area contributed by atoms with E-state index in [0.29, 0.717) is 51.7 Å². The summed E-state index contributed by atoms with van der Waals surface area (Å²) in [5, 5.41) is 11.2. The molecule has 4 rings (SSSR count). The van der Waals surface area contributed by atoms with Crippen molar-refractivity contribution in [1.82, 2.24) is 9.80 Å². The van der Waals surface area contributed by atoms with Crippen molar-refractivity contribution < 1.29 is 24.2 Å². The average molecular weight is 781 g/mol. The molecule has 1 saturated heterocycles. The number of amides is 2. The smallest absolute Gasteiger partial charge is 0.413 e. The van der Waals surface area contributed by atoms with Crippen LogP contribution in [0, 0.1) is 11.8 Å². The van der Waals surface area contributed by atoms with Crippen LogP contribution < -0.4 is 0 Å². The number of piperidine rings is 1. The molecule has 2 aromatic carbocycles. The van der Waals surface area contributed by atoms with Crippen molar-refractivity contribution >= 4 is 44.0 Å². The summed E-state index contributed by atoms with van der Waals surface area (Å²) < 4.78 is 13.6. The zero-order valence-corrected chi connectivity index (χ0v) is 33.0. The lowest BCUT2D eigenvalue weighted by Crippen LogP contribution is -2.52. The number of halogens is 2. The molecule has 9 heteroatoms. The molecule has 0 aromatic heterocycles. The number of hydrogen-bond acceptors (Lipinski definition) is 5. The molecule has 1 atom stereocenters. The first-order chi connectivity index (χ1) is 21.9. The third-order valence-corrected chi connectivity index (χ3v) is 8.03. The number of aliphatic hydroxyl groups is 1. The van der Waals surface area contributed by atoms with Crippen LogP contribution in [-0.4, -0.2) is 64.2 Å². The maximum absolute atomic E-state index is 13.2. The van der Waals surface area contributed by atoms with Crippen molar-refractivity contribution in [2.45, 2.75) is 112 Å². The number of nitrogens with zero attached hydrogens (tertiary/aromatic N) is 2. The van der Waals surface area contributed by atoms with Gasteiger partial charge in [0.1, 0.15) is 5.60 Å². The van der Waals surface area contributed by atoms with E-state index in [-0.39, 0.29) is 0 Å². The second-order valence-electron chi connectivity index (χ2n) is 14.8. The highest BCUT2D eigenvalue weighted by Crippen LogP contribution is 2.29. The number of carbonyl (C=O) groups is 2. The summed E-state index contributed by atoms with van der Waals surface area (Å²) >= 11 is 6.91. The Labute approximate surface area is 300 Å². The summed E-state index contributed by atoms with van der Waals surface area (Å²) in [7, 11) is 0. The zero-order chi connectivity index (χ0) is 35.4. The second kappa shape index (κ2) is 19.0. The van der Waals surface area contributed by atoms with Gasteiger partial charge in [-0.25, -0.2) is 9.59 Å². The molecular formula is C38H56Br2N2O5. The van der Waals surface area contributed by atoms with Crippen LogP contribution in [0.3, 0.4) is 0 Å². The van der Waals surface area contributed by atoms with Crippen molar-refractivity contribution in [2.24, 2.45) is 11.8 Å². The van der Waals surface area contributed by atoms with E-state index in [1.165, 1.54) is 4.90 Å². The fourth-order valence-corrected chi connectivity index (χ4v) is 5.37. The molecule has 0 spiro atoms. The summed E-state index contributed by atoms with van der Waals surface area (Å²) in [6.07, 6.45) is 2.79. The monoisotopic (exact) mass is 778 g/mol. The number of benzene rings is 2. The Morgan fingerprint density at radius 2 is 1.32 bits per heavy atom. The molecule has 0 radical (unpaired) electrons. The molecule has 0 bridgehead atoms. The molecule has 1 N–H and O–H groups in total. The largest absolute Gasteiger partial charge is 0.444 e. The molecule has 47 heavy (non-hydrogen) atoms. The first-order valence-corrected chi connectivity index (χ1v) is 18.3. The first kappa shape index (κ1) is 40.8. The molecule has 2 aromatic rings. The van der Waals surface area contributed by atoms with Gasteiger partial charge in [-0.3, -0.25) is 4.90 Å². The Bertz CT molecular complexity index is 1270. The minimum absolute atomic E-state index is 0.297. The summed E-state index contributed by atoms with van der Waals surface area (Å²) in [5.74, 6) is 1.67. The maximum Gasteiger partial charge on any atom is 0.413 e. The molecule has 0 saturated carbocycles. The Kier molecular flexibility index (Phi) is 16.5. The van der Waals surface area contributed by atoms with Gasteiger partial charge < -0.3 is 19.5 Å². The summed E-state index contributed by atoms with van der Waals surface area (Å²) in [4.78, 5) is 29.3. The van der Waals surface area contributed by atoms with Crippen LogP contribution in [-0.2, 0) is 22.3 Å². The van der Waals surface area contributed by atoms with Crippen molar-refractivity contribution in [3.05, 3.63) is 80.3 Å². The molecule has 2 aliphatic heterocycles. The van der Waals surface area contributed by atoms with E-state index in [0.717, 1.165) is 37.5 Å². The highest BCUT2D eigenvalue weighted by Gasteiger charge is 2.38. The second-order valence-corrected chi connectivity index (χ2v) is 16.7. The van der Waals surface area contributed by atoms with Crippen LogP contribution in [0.15, 0.2) is 69.1 Å². The lowest BCUT2D eigenvalue weighted by molar-refractivity contribution is -0.0556. The number of hydrogen-bond donors (Lipinski definition) is 1. The minimum Gasteiger partial charge on any atom is -0.444 e. The van der Waals surface area contributed by atoms with Gasteiger partial charge in [0.05, 0.1) is 5.60 Å². The molecule has 7 nitrogen and oxygen atoms in total. The number of carbonyl (C=O) groups excluding carboxylic acids is 2. The summed E-state index contributed by atoms with van der Waals surface area (Å²) in [6, 6.07) is 16.0. The van der Waals surface area contributed by atoms with Gasteiger partial charge in [0, 0.05) is 41.4 Å². The van der Waals surface area contributed by atoms with E-state index in [4.69, 9.17) is 9.47 Å². The molecule has 2 aliphatic rings. The van der Waals surface area contributed by atoms with Crippen LogP contribution in [0.25, 0.3) is 0 Å². The zero-order valence-electron chi connectivity index (χ0n) is 29.8. The van der Waals surface area contributed by atoms with Crippen molar-refractivity contribution in [3.63, 3.8) is 0 Å². The maximum atomic E-state index is 13.2. The van der Waals surface area contributed by atoms with Crippen LogP contribution in [0.1, 0.15) is 92.7 Å². The van der Waals surface area contributed by atoms with E-state index in [1.807, 2.05) is 63.2 Å². The van der Waals surface area contributed by atoms with Crippen LogP contribution in [0.5, 0.6) is 0 Å². The highest BCUT2D eigenvalue weighted by atomic mass is 79.9. The van der Waals surface area contributed by atoms with E-state index in [9.17, 15) is 14.7 Å². The Morgan fingerprint density at radius 1 is 0.851 bits per heavy atom. The van der Waals surface area contributed by atoms with Crippen LogP contribution >= 0.6 is 31.9 Å². The number of rotatable bonds is 5. The van der Waals surface area contributed by atoms with E-state index in [1.54, 1.807) is 4.90 Å². The minimum atomic E-state index is -0.876. The van der Waals surface area contributed by atoms with Gasteiger partial charge in [-0.2, -0.15) is 0 Å². The molecule has 0 aliphatic carbocycles. The Hall–Kier alpha value is -2.36. The Morgan fingerprint density at radius 3 is 1.79 bits per heavy atom. The van der Waals surface area contributed by atoms with Crippen molar-refractivity contribution in [1.29, 1.82) is 0 Å². The van der Waals surface area contributed by atoms with Crippen LogP contribution in [0.2, 0.25) is 0 Å². The van der Waals surface area contributed by atoms with Gasteiger partial charge in [-0.15, -0.1) is 0 Å². The van der Waals surface area contributed by atoms with Crippen LogP contribution in [0.4, 0.5) is 9.59 Å². The predicted molar refractivity (Wildman–Crippen MR) is 198 cm³/mol. The predicted octanol–water partition coefficient (Wildman–Crippen LogP) is 10.2. The summed E-state index contributed by atoms with van der Waals surface area (Å²) in [6.45, 7) is 19.5. The molecular weight excluding hydrogens is 724 g/mol. The SMILES string of the molecule is CC(C)(C)OC(=O)N1CC=C(Cc2ccc(Br)cc2)CC1OC(=O)N1CCC(O)(Cc2ccc(Br)cc2)CC1.CC(C)C.CC(C)C. The highest BCUT2D eigenvalue weighted by molar-refractivity contribution is 9.10. The summed E-state index contributed by atoms with van der Waals surface area (Å²) in [5.41, 5.74) is 1.74. The van der Waals surface area contributed by atoms with Gasteiger partial charge >= 0.3 is 12.2 Å². The van der Waals surface area contributed by atoms with Gasteiger partial charge in [0.25, 0.3) is 0 Å². The average Bonchev–Trinajstić information content (AvgIpc) is 2.94. The van der Waals surface area contributed by atoms with E-state index >= 15 is 0 Å². The van der Waals surface area contributed by atoms with Crippen molar-refractivity contribution in [2.75, 3.05) is 19.6 Å². The standard InChI is InChI=1S/C30H36Br2N2O5.2C4H10/c1-29(2,3)39-28(36)34-15-12-23(18-21-4-8-24(31)9-5-21)19-26(34)38-27(35)33-16-13-30(37,14-17-33)20-22-6-10-25(32)11-7-22;2*1-4(2)3/h4-12,26,37H,13-20H2,1-3H3;2*4H,1-3H3. The normalized spacial score (nSPS) is 17.6. The molecule has 2 heterocycles. The lowest BCUT2D eigenvalue weighted by atomic mass is 9.85. The third kappa shape index (κ3) is 16.1. The van der Waals surface area contributed by atoms with Gasteiger partial charge in [-0.05, 0) is 87.3 Å². The lowest BCUT2D eigenvalue weighted by Gasteiger charge is -2.40. The molecule has 262 valence electrons. The molecule has 2 amide bonds. The number of likely N-dealkylation sites (tertiary alicyclic amines) is 1. The van der Waals surface area contributed by atoms with E-state index < -0.39 is 29.6 Å². The Balaban J connectivity index is 0.000000862. The van der Waals surface area contributed by atoms with E-state index in [2.05, 4.69) is 85.5 Å². The van der Waals surface area contributed by atoms with Gasteiger partial charge in [0.2, 0.25) is 0 Å². The van der Waals surface area contributed by atoms with Crippen molar-refractivity contribution in [3.8, 4) is 0 Å². The quantitative estimate of drug-likeness (QED) is 0.306. The first-order valence-electron chi connectivity index (χ1n) is 16.7. The fourth-order valence-electron chi connectivity index (χ4n) is 4.84. The third-order valence-electron chi connectivity index (χ3n) is 6.97. The molecule has 1 unspecified atom stereocenters. The van der Waals surface area contributed by atoms with Gasteiger partial charge in [0.15, 0.2) is 6.23 Å². The topological polar surface area (TPSA) is 79.3 Å². The fraction of sp³-hybridized carbons (Fsp3) is 0.579. The molecule has 1 fully saturated rings.